The molecule has 9 heteroatoms. The number of benzene rings is 2. The zero-order chi connectivity index (χ0) is 20.5. The normalized spacial score (nSPS) is 10.9. The summed E-state index contributed by atoms with van der Waals surface area (Å²) < 4.78 is 21.4. The highest BCUT2D eigenvalue weighted by Gasteiger charge is 2.19. The molecule has 2 heterocycles. The molecule has 4 rings (SSSR count). The van der Waals surface area contributed by atoms with Crippen LogP contribution in [0.5, 0.6) is 5.75 Å². The quantitative estimate of drug-likeness (QED) is 0.434. The van der Waals surface area contributed by atoms with Gasteiger partial charge in [0, 0.05) is 15.5 Å². The van der Waals surface area contributed by atoms with Gasteiger partial charge in [-0.3, -0.25) is 4.98 Å². The van der Waals surface area contributed by atoms with Crippen LogP contribution in [0.2, 0.25) is 0 Å². The summed E-state index contributed by atoms with van der Waals surface area (Å²) in [6, 6.07) is 13.4. The number of ether oxygens (including phenoxy) is 1. The van der Waals surface area contributed by atoms with Crippen LogP contribution in [0.15, 0.2) is 59.2 Å². The molecular formula is C20H14BrFN4O3. The van der Waals surface area contributed by atoms with Crippen LogP contribution in [0.4, 0.5) is 20.7 Å². The van der Waals surface area contributed by atoms with Gasteiger partial charge in [-0.2, -0.15) is 4.68 Å². The van der Waals surface area contributed by atoms with Gasteiger partial charge >= 0.3 is 6.09 Å². The third-order valence-electron chi connectivity index (χ3n) is 4.29. The van der Waals surface area contributed by atoms with E-state index in [1.807, 2.05) is 24.3 Å². The Morgan fingerprint density at radius 3 is 2.76 bits per heavy atom. The molecule has 0 spiro atoms. The zero-order valence-corrected chi connectivity index (χ0v) is 16.6. The molecule has 2 N–H and O–H groups in total. The molecular weight excluding hydrogens is 443 g/mol. The van der Waals surface area contributed by atoms with Crippen molar-refractivity contribution in [3.63, 3.8) is 0 Å². The average molecular weight is 457 g/mol. The van der Waals surface area contributed by atoms with E-state index in [0.717, 1.165) is 9.15 Å². The van der Waals surface area contributed by atoms with Crippen molar-refractivity contribution >= 4 is 44.4 Å². The van der Waals surface area contributed by atoms with Gasteiger partial charge in [0.2, 0.25) is 0 Å². The highest BCUT2D eigenvalue weighted by molar-refractivity contribution is 9.10. The first-order valence-electron chi connectivity index (χ1n) is 8.45. The number of carbonyl (C=O) groups is 1. The number of nitrogens with zero attached hydrogens (tertiary/aromatic N) is 3. The average Bonchev–Trinajstić information content (AvgIpc) is 3.05. The van der Waals surface area contributed by atoms with Gasteiger partial charge in [-0.05, 0) is 36.4 Å². The molecule has 146 valence electrons. The lowest BCUT2D eigenvalue weighted by Gasteiger charge is -2.09. The lowest BCUT2D eigenvalue weighted by molar-refractivity contribution is 0.194. The Bertz CT molecular complexity index is 1240. The molecule has 0 bridgehead atoms. The Labute approximate surface area is 172 Å². The monoisotopic (exact) mass is 456 g/mol. The summed E-state index contributed by atoms with van der Waals surface area (Å²) in [7, 11) is 1.44. The number of anilines is 2. The number of rotatable bonds is 4. The Morgan fingerprint density at radius 2 is 2.03 bits per heavy atom. The summed E-state index contributed by atoms with van der Waals surface area (Å²) in [4.78, 5) is 15.8. The number of hydrogen-bond acceptors (Lipinski definition) is 5. The Morgan fingerprint density at radius 1 is 1.24 bits per heavy atom. The van der Waals surface area contributed by atoms with Gasteiger partial charge in [-0.1, -0.05) is 28.1 Å². The van der Waals surface area contributed by atoms with Crippen molar-refractivity contribution in [2.45, 2.75) is 0 Å². The van der Waals surface area contributed by atoms with Crippen LogP contribution >= 0.6 is 15.9 Å². The van der Waals surface area contributed by atoms with E-state index in [-0.39, 0.29) is 11.1 Å². The maximum absolute atomic E-state index is 14.5. The largest absolute Gasteiger partial charge is 0.496 e. The molecule has 0 aliphatic rings. The molecule has 0 aliphatic carbocycles. The van der Waals surface area contributed by atoms with E-state index < -0.39 is 11.9 Å². The number of halogens is 2. The van der Waals surface area contributed by atoms with E-state index in [1.165, 1.54) is 19.4 Å². The van der Waals surface area contributed by atoms with Gasteiger partial charge in [0.05, 0.1) is 24.6 Å². The number of carboxylic acid groups (broad SMARTS) is 1. The van der Waals surface area contributed by atoms with E-state index in [4.69, 9.17) is 4.74 Å². The van der Waals surface area contributed by atoms with Crippen molar-refractivity contribution in [3.8, 4) is 17.0 Å². The fraction of sp³-hybridized carbons (Fsp3) is 0.0500. The third-order valence-corrected chi connectivity index (χ3v) is 4.78. The summed E-state index contributed by atoms with van der Waals surface area (Å²) in [6.07, 6.45) is 0.0966. The molecule has 0 aliphatic heterocycles. The van der Waals surface area contributed by atoms with Gasteiger partial charge in [-0.25, -0.2) is 9.18 Å². The van der Waals surface area contributed by atoms with E-state index in [9.17, 15) is 14.3 Å². The summed E-state index contributed by atoms with van der Waals surface area (Å²) in [5.41, 5.74) is 1.47. The Kier molecular flexibility index (Phi) is 4.89. The van der Waals surface area contributed by atoms with Crippen molar-refractivity contribution in [1.82, 2.24) is 14.8 Å². The molecule has 4 aromatic rings. The lowest BCUT2D eigenvalue weighted by Crippen LogP contribution is -2.09. The molecule has 0 fully saturated rings. The number of aromatic nitrogens is 3. The van der Waals surface area contributed by atoms with Gasteiger partial charge < -0.3 is 15.2 Å². The first kappa shape index (κ1) is 18.9. The smallest absolute Gasteiger partial charge is 0.432 e. The molecule has 0 saturated carbocycles. The molecule has 0 unspecified atom stereocenters. The summed E-state index contributed by atoms with van der Waals surface area (Å²) in [5.74, 6) is 0.131. The number of methoxy groups -OCH3 is 1. The third kappa shape index (κ3) is 3.52. The van der Waals surface area contributed by atoms with Gasteiger partial charge in [0.1, 0.15) is 17.1 Å². The molecule has 0 radical (unpaired) electrons. The topological polar surface area (TPSA) is 89.3 Å². The molecule has 2 aromatic heterocycles. The Balaban J connectivity index is 1.90. The van der Waals surface area contributed by atoms with Crippen LogP contribution in [0.1, 0.15) is 0 Å². The van der Waals surface area contributed by atoms with E-state index in [2.05, 4.69) is 31.3 Å². The van der Waals surface area contributed by atoms with Crippen molar-refractivity contribution in [1.29, 1.82) is 0 Å². The van der Waals surface area contributed by atoms with Crippen LogP contribution in [-0.4, -0.2) is 33.1 Å². The summed E-state index contributed by atoms with van der Waals surface area (Å²) in [6.45, 7) is 0. The predicted octanol–water partition coefficient (Wildman–Crippen LogP) is 5.28. The maximum atomic E-state index is 14.5. The molecule has 0 amide bonds. The highest BCUT2D eigenvalue weighted by atomic mass is 79.9. The van der Waals surface area contributed by atoms with Crippen LogP contribution in [0.3, 0.4) is 0 Å². The standard InChI is InChI=1S/C20H14BrFN4O3/c1-29-17-7-3-6-14(22)18(17)15-9-13-16(10-23-15)26(20(27)28)25-19(13)24-12-5-2-4-11(21)8-12/h2-10H,1H3,(H,24,25)(H,27,28). The van der Waals surface area contributed by atoms with Gasteiger partial charge in [-0.15, -0.1) is 5.10 Å². The minimum atomic E-state index is -1.25. The lowest BCUT2D eigenvalue weighted by atomic mass is 10.1. The summed E-state index contributed by atoms with van der Waals surface area (Å²) in [5, 5.41) is 17.2. The molecule has 0 saturated heterocycles. The van der Waals surface area contributed by atoms with E-state index in [0.29, 0.717) is 28.3 Å². The van der Waals surface area contributed by atoms with Crippen LogP contribution in [-0.2, 0) is 0 Å². The number of hydrogen-bond donors (Lipinski definition) is 2. The van der Waals surface area contributed by atoms with E-state index >= 15 is 0 Å². The van der Waals surface area contributed by atoms with Crippen LogP contribution in [0, 0.1) is 5.82 Å². The number of nitrogens with one attached hydrogen (secondary N) is 1. The minimum absolute atomic E-state index is 0.188. The second-order valence-electron chi connectivity index (χ2n) is 6.08. The van der Waals surface area contributed by atoms with Crippen molar-refractivity contribution in [3.05, 3.63) is 65.0 Å². The fourth-order valence-electron chi connectivity index (χ4n) is 3.02. The first-order valence-corrected chi connectivity index (χ1v) is 9.25. The highest BCUT2D eigenvalue weighted by Crippen LogP contribution is 2.35. The second kappa shape index (κ2) is 7.51. The minimum Gasteiger partial charge on any atom is -0.496 e. The van der Waals surface area contributed by atoms with Gasteiger partial charge in [0.25, 0.3) is 0 Å². The molecule has 2 aromatic carbocycles. The second-order valence-corrected chi connectivity index (χ2v) is 7.00. The van der Waals surface area contributed by atoms with Crippen molar-refractivity contribution in [2.75, 3.05) is 12.4 Å². The van der Waals surface area contributed by atoms with Crippen LogP contribution in [0.25, 0.3) is 22.2 Å². The zero-order valence-electron chi connectivity index (χ0n) is 15.1. The van der Waals surface area contributed by atoms with Crippen molar-refractivity contribution in [2.24, 2.45) is 0 Å². The van der Waals surface area contributed by atoms with Gasteiger partial charge in [0.15, 0.2) is 5.82 Å². The predicted molar refractivity (Wildman–Crippen MR) is 110 cm³/mol. The number of fused-ring (bicyclic) bond motifs is 1. The summed E-state index contributed by atoms with van der Waals surface area (Å²) >= 11 is 3.39. The Hall–Kier alpha value is -3.46. The molecule has 7 nitrogen and oxygen atoms in total. The van der Waals surface area contributed by atoms with Crippen LogP contribution < -0.4 is 10.1 Å². The maximum Gasteiger partial charge on any atom is 0.432 e. The fourth-order valence-corrected chi connectivity index (χ4v) is 3.41. The first-order chi connectivity index (χ1) is 14.0. The van der Waals surface area contributed by atoms with Crippen molar-refractivity contribution < 1.29 is 19.0 Å². The molecule has 0 atom stereocenters. The molecule has 29 heavy (non-hydrogen) atoms. The van der Waals surface area contributed by atoms with E-state index in [1.54, 1.807) is 18.2 Å². The SMILES string of the molecule is COc1cccc(F)c1-c1cc2c(Nc3cccc(Br)c3)nn(C(=O)O)c2cn1. The number of pyridine rings is 1.